The van der Waals surface area contributed by atoms with Crippen LogP contribution in [0.25, 0.3) is 0 Å². The van der Waals surface area contributed by atoms with Crippen LogP contribution >= 0.6 is 0 Å². The van der Waals surface area contributed by atoms with Crippen molar-refractivity contribution in [1.29, 1.82) is 0 Å². The number of aliphatic hydroxyl groups excluding tert-OH is 1. The third-order valence-electron chi connectivity index (χ3n) is 3.82. The molecule has 100 valence electrons. The second-order valence-electron chi connectivity index (χ2n) is 5.34. The van der Waals surface area contributed by atoms with E-state index in [0.717, 1.165) is 25.2 Å². The summed E-state index contributed by atoms with van der Waals surface area (Å²) in [5.74, 6) is 0.356. The molecule has 2 rings (SSSR count). The second kappa shape index (κ2) is 5.78. The number of hydrogen-bond acceptors (Lipinski definition) is 4. The highest BCUT2D eigenvalue weighted by Crippen LogP contribution is 2.29. The zero-order valence-corrected chi connectivity index (χ0v) is 11.2. The maximum atomic E-state index is 9.69. The van der Waals surface area contributed by atoms with Crippen LogP contribution in [-0.4, -0.2) is 40.2 Å². The zero-order valence-electron chi connectivity index (χ0n) is 11.2. The van der Waals surface area contributed by atoms with E-state index in [0.29, 0.717) is 5.92 Å². The first-order valence-corrected chi connectivity index (χ1v) is 6.68. The molecule has 1 aliphatic rings. The van der Waals surface area contributed by atoms with Crippen molar-refractivity contribution in [2.45, 2.75) is 38.5 Å². The third kappa shape index (κ3) is 2.88. The number of likely N-dealkylation sites (tertiary alicyclic amines) is 1. The predicted octanol–water partition coefficient (Wildman–Crippen LogP) is 1.17. The van der Waals surface area contributed by atoms with Crippen molar-refractivity contribution in [3.05, 3.63) is 30.1 Å². The first-order chi connectivity index (χ1) is 8.59. The van der Waals surface area contributed by atoms with Gasteiger partial charge in [-0.05, 0) is 44.9 Å². The smallest absolute Gasteiger partial charge is 0.0671 e. The largest absolute Gasteiger partial charge is 0.393 e. The molecule has 0 aromatic carbocycles. The van der Waals surface area contributed by atoms with Gasteiger partial charge in [-0.1, -0.05) is 6.07 Å². The number of aliphatic hydroxyl groups is 1. The van der Waals surface area contributed by atoms with Gasteiger partial charge < -0.3 is 10.8 Å². The van der Waals surface area contributed by atoms with E-state index in [2.05, 4.69) is 9.88 Å². The molecule has 18 heavy (non-hydrogen) atoms. The molecule has 4 heteroatoms. The molecule has 1 aliphatic heterocycles. The van der Waals surface area contributed by atoms with E-state index in [1.54, 1.807) is 0 Å². The van der Waals surface area contributed by atoms with Crippen molar-refractivity contribution in [2.75, 3.05) is 13.1 Å². The van der Waals surface area contributed by atoms with Gasteiger partial charge in [0.1, 0.15) is 0 Å². The summed E-state index contributed by atoms with van der Waals surface area (Å²) in [4.78, 5) is 6.78. The van der Waals surface area contributed by atoms with E-state index in [9.17, 15) is 5.11 Å². The van der Waals surface area contributed by atoms with Gasteiger partial charge in [0.15, 0.2) is 0 Å². The van der Waals surface area contributed by atoms with E-state index in [1.165, 1.54) is 0 Å². The predicted molar refractivity (Wildman–Crippen MR) is 72.0 cm³/mol. The summed E-state index contributed by atoms with van der Waals surface area (Å²) in [6.07, 6.45) is 2.60. The van der Waals surface area contributed by atoms with Crippen LogP contribution in [-0.2, 0) is 0 Å². The van der Waals surface area contributed by atoms with Crippen molar-refractivity contribution in [3.63, 3.8) is 0 Å². The minimum Gasteiger partial charge on any atom is -0.393 e. The van der Waals surface area contributed by atoms with E-state index < -0.39 is 0 Å². The Morgan fingerprint density at radius 3 is 2.72 bits per heavy atom. The summed E-state index contributed by atoms with van der Waals surface area (Å²) in [6, 6.07) is 6.14. The Hall–Kier alpha value is -0.970. The van der Waals surface area contributed by atoms with Crippen LogP contribution in [0.5, 0.6) is 0 Å². The van der Waals surface area contributed by atoms with E-state index in [-0.39, 0.29) is 18.2 Å². The molecule has 0 saturated carbocycles. The number of nitrogens with zero attached hydrogens (tertiary/aromatic N) is 2. The number of rotatable bonds is 4. The number of pyridine rings is 1. The normalized spacial score (nSPS) is 25.9. The summed E-state index contributed by atoms with van der Waals surface area (Å²) < 4.78 is 0. The second-order valence-corrected chi connectivity index (χ2v) is 5.34. The minimum atomic E-state index is -0.243. The molecule has 4 unspecified atom stereocenters. The summed E-state index contributed by atoms with van der Waals surface area (Å²) >= 11 is 0. The van der Waals surface area contributed by atoms with Gasteiger partial charge in [0, 0.05) is 18.8 Å². The first kappa shape index (κ1) is 13.5. The molecule has 4 nitrogen and oxygen atoms in total. The van der Waals surface area contributed by atoms with Gasteiger partial charge in [0.2, 0.25) is 0 Å². The van der Waals surface area contributed by atoms with Gasteiger partial charge in [-0.3, -0.25) is 9.88 Å². The standard InChI is InChI=1S/C14H23N3O/c1-10(15)14(13-5-3-4-7-16-13)17-8-6-12(9-17)11(2)18/h3-5,7,10-12,14,18H,6,8-9,15H2,1-2H3. The molecule has 0 aliphatic carbocycles. The molecule has 0 radical (unpaired) electrons. The first-order valence-electron chi connectivity index (χ1n) is 6.68. The molecular formula is C14H23N3O. The Balaban J connectivity index is 2.13. The van der Waals surface area contributed by atoms with Crippen LogP contribution < -0.4 is 5.73 Å². The highest BCUT2D eigenvalue weighted by molar-refractivity contribution is 5.11. The average molecular weight is 249 g/mol. The molecular weight excluding hydrogens is 226 g/mol. The molecule has 1 aromatic rings. The lowest BCUT2D eigenvalue weighted by molar-refractivity contribution is 0.118. The van der Waals surface area contributed by atoms with Crippen LogP contribution in [0.15, 0.2) is 24.4 Å². The van der Waals surface area contributed by atoms with Crippen LogP contribution in [0.4, 0.5) is 0 Å². The lowest BCUT2D eigenvalue weighted by atomic mass is 10.0. The van der Waals surface area contributed by atoms with Gasteiger partial charge in [-0.15, -0.1) is 0 Å². The Labute approximate surface area is 109 Å². The lowest BCUT2D eigenvalue weighted by Crippen LogP contribution is -2.39. The highest BCUT2D eigenvalue weighted by Gasteiger charge is 2.33. The number of nitrogens with two attached hydrogens (primary N) is 1. The molecule has 0 amide bonds. The van der Waals surface area contributed by atoms with Crippen LogP contribution in [0, 0.1) is 5.92 Å². The third-order valence-corrected chi connectivity index (χ3v) is 3.82. The topological polar surface area (TPSA) is 62.4 Å². The van der Waals surface area contributed by atoms with Crippen LogP contribution in [0.1, 0.15) is 32.0 Å². The van der Waals surface area contributed by atoms with E-state index in [1.807, 2.05) is 38.2 Å². The quantitative estimate of drug-likeness (QED) is 0.841. The fraction of sp³-hybridized carbons (Fsp3) is 0.643. The van der Waals surface area contributed by atoms with Crippen LogP contribution in [0.3, 0.4) is 0 Å². The van der Waals surface area contributed by atoms with Crippen molar-refractivity contribution in [1.82, 2.24) is 9.88 Å². The van der Waals surface area contributed by atoms with Gasteiger partial charge in [-0.25, -0.2) is 0 Å². The van der Waals surface area contributed by atoms with Crippen molar-refractivity contribution in [2.24, 2.45) is 11.7 Å². The Morgan fingerprint density at radius 1 is 1.44 bits per heavy atom. The summed E-state index contributed by atoms with van der Waals surface area (Å²) in [6.45, 7) is 5.78. The van der Waals surface area contributed by atoms with Crippen molar-refractivity contribution in [3.8, 4) is 0 Å². The van der Waals surface area contributed by atoms with Gasteiger partial charge in [0.05, 0.1) is 17.8 Å². The molecule has 1 saturated heterocycles. The van der Waals surface area contributed by atoms with Crippen LogP contribution in [0.2, 0.25) is 0 Å². The summed E-state index contributed by atoms with van der Waals surface area (Å²) in [5, 5.41) is 9.69. The van der Waals surface area contributed by atoms with Gasteiger partial charge in [-0.2, -0.15) is 0 Å². The fourth-order valence-corrected chi connectivity index (χ4v) is 2.80. The highest BCUT2D eigenvalue weighted by atomic mass is 16.3. The molecule has 4 atom stereocenters. The van der Waals surface area contributed by atoms with Crippen molar-refractivity contribution < 1.29 is 5.11 Å². The molecule has 1 fully saturated rings. The molecule has 3 N–H and O–H groups in total. The maximum absolute atomic E-state index is 9.69. The zero-order chi connectivity index (χ0) is 13.1. The molecule has 0 spiro atoms. The van der Waals surface area contributed by atoms with Gasteiger partial charge >= 0.3 is 0 Å². The maximum Gasteiger partial charge on any atom is 0.0671 e. The van der Waals surface area contributed by atoms with E-state index >= 15 is 0 Å². The summed E-state index contributed by atoms with van der Waals surface area (Å²) in [5.41, 5.74) is 7.15. The Morgan fingerprint density at radius 2 is 2.22 bits per heavy atom. The van der Waals surface area contributed by atoms with Crippen molar-refractivity contribution >= 4 is 0 Å². The van der Waals surface area contributed by atoms with Gasteiger partial charge in [0.25, 0.3) is 0 Å². The average Bonchev–Trinajstić information content (AvgIpc) is 2.79. The number of hydrogen-bond donors (Lipinski definition) is 2. The summed E-state index contributed by atoms with van der Waals surface area (Å²) in [7, 11) is 0. The SMILES string of the molecule is CC(N)C(c1ccccn1)N1CCC(C(C)O)C1. The fourth-order valence-electron chi connectivity index (χ4n) is 2.80. The Kier molecular flexibility index (Phi) is 4.32. The Bertz CT molecular complexity index is 367. The molecule has 1 aromatic heterocycles. The lowest BCUT2D eigenvalue weighted by Gasteiger charge is -2.30. The van der Waals surface area contributed by atoms with E-state index in [4.69, 9.17) is 5.73 Å². The number of aromatic nitrogens is 1. The monoisotopic (exact) mass is 249 g/mol. The molecule has 2 heterocycles. The molecule has 0 bridgehead atoms. The minimum absolute atomic E-state index is 0.0349.